The number of hydrogen-bond donors (Lipinski definition) is 2. The van der Waals surface area contributed by atoms with Crippen LogP contribution in [0.25, 0.3) is 0 Å². The van der Waals surface area contributed by atoms with E-state index in [9.17, 15) is 9.59 Å². The summed E-state index contributed by atoms with van der Waals surface area (Å²) in [6.45, 7) is 3.11. The molecule has 0 aromatic carbocycles. The molecule has 1 rings (SSSR count). The van der Waals surface area contributed by atoms with Crippen molar-refractivity contribution >= 4 is 23.8 Å². The minimum atomic E-state index is -1.53. The SMILES string of the molecule is Cc1nc(Cl)ccc1C(C)N(C(=O)O)C(=O)O. The Morgan fingerprint density at radius 1 is 1.35 bits per heavy atom. The maximum absolute atomic E-state index is 10.8. The van der Waals surface area contributed by atoms with Crippen molar-refractivity contribution < 1.29 is 19.8 Å². The lowest BCUT2D eigenvalue weighted by molar-refractivity contribution is 0.109. The number of carboxylic acid groups (broad SMARTS) is 2. The standard InChI is InChI=1S/C10H11ClN2O4/c1-5-7(3-4-8(11)12-5)6(2)13(9(14)15)10(16)17/h3-4,6H,1-2H3,(H,14,15)(H,16,17). The second kappa shape index (κ2) is 5.01. The molecule has 1 heterocycles. The fraction of sp³-hybridized carbons (Fsp3) is 0.300. The van der Waals surface area contributed by atoms with Gasteiger partial charge in [-0.25, -0.2) is 19.5 Å². The van der Waals surface area contributed by atoms with Gasteiger partial charge in [0.2, 0.25) is 0 Å². The Balaban J connectivity index is 3.14. The van der Waals surface area contributed by atoms with Crippen molar-refractivity contribution in [2.45, 2.75) is 19.9 Å². The van der Waals surface area contributed by atoms with Gasteiger partial charge in [0.25, 0.3) is 0 Å². The first-order chi connectivity index (χ1) is 7.84. The van der Waals surface area contributed by atoms with Crippen LogP contribution in [0.3, 0.4) is 0 Å². The van der Waals surface area contributed by atoms with Crippen molar-refractivity contribution in [3.05, 3.63) is 28.5 Å². The Morgan fingerprint density at radius 3 is 2.29 bits per heavy atom. The van der Waals surface area contributed by atoms with Crippen molar-refractivity contribution in [1.82, 2.24) is 9.88 Å². The number of aromatic nitrogens is 1. The molecule has 0 fully saturated rings. The predicted molar refractivity (Wildman–Crippen MR) is 60.3 cm³/mol. The van der Waals surface area contributed by atoms with Crippen LogP contribution in [0.5, 0.6) is 0 Å². The summed E-state index contributed by atoms with van der Waals surface area (Å²) in [4.78, 5) is 25.9. The maximum Gasteiger partial charge on any atom is 0.417 e. The molecule has 1 unspecified atom stereocenters. The van der Waals surface area contributed by atoms with Gasteiger partial charge in [0.15, 0.2) is 0 Å². The highest BCUT2D eigenvalue weighted by Crippen LogP contribution is 2.24. The Morgan fingerprint density at radius 2 is 1.88 bits per heavy atom. The normalized spacial score (nSPS) is 11.9. The van der Waals surface area contributed by atoms with E-state index in [0.717, 1.165) is 0 Å². The average Bonchev–Trinajstić information content (AvgIpc) is 2.15. The fourth-order valence-corrected chi connectivity index (χ4v) is 1.72. The zero-order valence-corrected chi connectivity index (χ0v) is 9.97. The van der Waals surface area contributed by atoms with Crippen LogP contribution >= 0.6 is 11.6 Å². The molecule has 1 aromatic heterocycles. The maximum atomic E-state index is 10.8. The van der Waals surface area contributed by atoms with Gasteiger partial charge in [0, 0.05) is 5.69 Å². The second-order valence-electron chi connectivity index (χ2n) is 3.42. The van der Waals surface area contributed by atoms with Crippen LogP contribution in [0, 0.1) is 6.92 Å². The van der Waals surface area contributed by atoms with Crippen molar-refractivity contribution in [2.75, 3.05) is 0 Å². The Labute approximate surface area is 102 Å². The molecule has 2 N–H and O–H groups in total. The molecular weight excluding hydrogens is 248 g/mol. The molecule has 1 atom stereocenters. The Bertz CT molecular complexity index is 450. The van der Waals surface area contributed by atoms with Crippen LogP contribution in [0.1, 0.15) is 24.2 Å². The topological polar surface area (TPSA) is 90.7 Å². The Hall–Kier alpha value is -1.82. The van der Waals surface area contributed by atoms with E-state index in [-0.39, 0.29) is 5.15 Å². The number of aryl methyl sites for hydroxylation is 1. The van der Waals surface area contributed by atoms with Crippen LogP contribution in [0.4, 0.5) is 9.59 Å². The van der Waals surface area contributed by atoms with E-state index in [1.54, 1.807) is 13.0 Å². The molecule has 0 saturated heterocycles. The molecule has 0 aliphatic heterocycles. The van der Waals surface area contributed by atoms with Gasteiger partial charge in [-0.05, 0) is 25.5 Å². The monoisotopic (exact) mass is 258 g/mol. The van der Waals surface area contributed by atoms with Gasteiger partial charge in [-0.15, -0.1) is 0 Å². The number of carbonyl (C=O) groups is 2. The van der Waals surface area contributed by atoms with E-state index in [1.165, 1.54) is 13.0 Å². The van der Waals surface area contributed by atoms with E-state index in [0.29, 0.717) is 16.2 Å². The van der Waals surface area contributed by atoms with Crippen molar-refractivity contribution in [3.8, 4) is 0 Å². The van der Waals surface area contributed by atoms with Gasteiger partial charge in [0.1, 0.15) is 5.15 Å². The molecule has 0 aliphatic rings. The second-order valence-corrected chi connectivity index (χ2v) is 3.81. The molecule has 6 nitrogen and oxygen atoms in total. The average molecular weight is 259 g/mol. The molecule has 0 radical (unpaired) electrons. The summed E-state index contributed by atoms with van der Waals surface area (Å²) in [6.07, 6.45) is -3.06. The van der Waals surface area contributed by atoms with E-state index in [1.807, 2.05) is 0 Å². The summed E-state index contributed by atoms with van der Waals surface area (Å²) in [7, 11) is 0. The number of hydrogen-bond acceptors (Lipinski definition) is 3. The lowest BCUT2D eigenvalue weighted by Gasteiger charge is -2.22. The number of nitrogens with zero attached hydrogens (tertiary/aromatic N) is 2. The minimum absolute atomic E-state index is 0.274. The summed E-state index contributed by atoms with van der Waals surface area (Å²) < 4.78 is 0. The highest BCUT2D eigenvalue weighted by atomic mass is 35.5. The van der Waals surface area contributed by atoms with E-state index >= 15 is 0 Å². The number of pyridine rings is 1. The number of rotatable bonds is 2. The van der Waals surface area contributed by atoms with Gasteiger partial charge in [-0.1, -0.05) is 17.7 Å². The first-order valence-electron chi connectivity index (χ1n) is 4.72. The zero-order valence-electron chi connectivity index (χ0n) is 9.22. The van der Waals surface area contributed by atoms with Gasteiger partial charge >= 0.3 is 12.2 Å². The van der Waals surface area contributed by atoms with E-state index in [4.69, 9.17) is 21.8 Å². The summed E-state index contributed by atoms with van der Waals surface area (Å²) >= 11 is 5.67. The van der Waals surface area contributed by atoms with Gasteiger partial charge in [-0.2, -0.15) is 0 Å². The number of amides is 2. The number of imide groups is 1. The zero-order chi connectivity index (χ0) is 13.2. The summed E-state index contributed by atoms with van der Waals surface area (Å²) in [5.41, 5.74) is 0.997. The van der Waals surface area contributed by atoms with Crippen LogP contribution in [0.15, 0.2) is 12.1 Å². The highest BCUT2D eigenvalue weighted by molar-refractivity contribution is 6.29. The molecule has 7 heteroatoms. The number of halogens is 1. The van der Waals surface area contributed by atoms with Crippen molar-refractivity contribution in [3.63, 3.8) is 0 Å². The molecule has 2 amide bonds. The molecule has 0 aliphatic carbocycles. The summed E-state index contributed by atoms with van der Waals surface area (Å²) in [6, 6.07) is 2.21. The van der Waals surface area contributed by atoms with Crippen molar-refractivity contribution in [1.29, 1.82) is 0 Å². The summed E-state index contributed by atoms with van der Waals surface area (Å²) in [5, 5.41) is 17.9. The molecule has 92 valence electrons. The third kappa shape index (κ3) is 2.85. The molecule has 0 spiro atoms. The summed E-state index contributed by atoms with van der Waals surface area (Å²) in [5.74, 6) is 0. The molecule has 0 saturated carbocycles. The predicted octanol–water partition coefficient (Wildman–Crippen LogP) is 2.76. The lowest BCUT2D eigenvalue weighted by Crippen LogP contribution is -2.37. The van der Waals surface area contributed by atoms with Crippen LogP contribution < -0.4 is 0 Å². The van der Waals surface area contributed by atoms with Crippen LogP contribution in [-0.4, -0.2) is 32.3 Å². The smallest absolute Gasteiger partial charge is 0.417 e. The van der Waals surface area contributed by atoms with Gasteiger partial charge < -0.3 is 10.2 Å². The molecule has 1 aromatic rings. The molecule has 0 bridgehead atoms. The first kappa shape index (κ1) is 13.2. The quantitative estimate of drug-likeness (QED) is 0.796. The third-order valence-corrected chi connectivity index (χ3v) is 2.55. The highest BCUT2D eigenvalue weighted by Gasteiger charge is 2.28. The van der Waals surface area contributed by atoms with Crippen molar-refractivity contribution in [2.24, 2.45) is 0 Å². The fourth-order valence-electron chi connectivity index (χ4n) is 1.53. The van der Waals surface area contributed by atoms with Crippen LogP contribution in [-0.2, 0) is 0 Å². The van der Waals surface area contributed by atoms with Gasteiger partial charge in [-0.3, -0.25) is 0 Å². The first-order valence-corrected chi connectivity index (χ1v) is 5.10. The third-order valence-electron chi connectivity index (χ3n) is 2.34. The van der Waals surface area contributed by atoms with E-state index in [2.05, 4.69) is 4.98 Å². The van der Waals surface area contributed by atoms with Gasteiger partial charge in [0.05, 0.1) is 6.04 Å². The minimum Gasteiger partial charge on any atom is -0.465 e. The largest absolute Gasteiger partial charge is 0.465 e. The lowest BCUT2D eigenvalue weighted by atomic mass is 10.1. The van der Waals surface area contributed by atoms with Crippen LogP contribution in [0.2, 0.25) is 5.15 Å². The van der Waals surface area contributed by atoms with E-state index < -0.39 is 18.2 Å². The molecule has 17 heavy (non-hydrogen) atoms. The Kier molecular flexibility index (Phi) is 3.90. The molecular formula is C10H11ClN2O4.